The molecule has 0 fully saturated rings. The summed E-state index contributed by atoms with van der Waals surface area (Å²) in [5, 5.41) is 9.56. The van der Waals surface area contributed by atoms with Gasteiger partial charge in [-0.15, -0.1) is 0 Å². The van der Waals surface area contributed by atoms with Gasteiger partial charge < -0.3 is 9.84 Å². The first-order chi connectivity index (χ1) is 7.77. The summed E-state index contributed by atoms with van der Waals surface area (Å²) in [6.45, 7) is 10.4. The molecule has 0 atom stereocenters. The van der Waals surface area contributed by atoms with E-state index in [4.69, 9.17) is 4.74 Å². The Morgan fingerprint density at radius 1 is 1.12 bits per heavy atom. The van der Waals surface area contributed by atoms with Gasteiger partial charge in [0.15, 0.2) is 0 Å². The van der Waals surface area contributed by atoms with Gasteiger partial charge in [0.1, 0.15) is 5.75 Å². The van der Waals surface area contributed by atoms with Crippen LogP contribution < -0.4 is 4.74 Å². The average molecular weight is 301 g/mol. The second kappa shape index (κ2) is 4.99. The minimum Gasteiger partial charge on any atom is -0.495 e. The molecule has 1 N–H and O–H groups in total. The first-order valence-electron chi connectivity index (χ1n) is 5.72. The molecule has 1 aromatic rings. The molecule has 1 rings (SSSR count). The number of methoxy groups -OCH3 is 1. The van der Waals surface area contributed by atoms with Gasteiger partial charge in [-0.05, 0) is 59.0 Å². The minimum atomic E-state index is -0.242. The SMILES string of the molecule is COc1c(C)c(C)c(C(C)(C)CO)c(C)c1Br. The van der Waals surface area contributed by atoms with E-state index in [1.54, 1.807) is 7.11 Å². The molecule has 0 unspecified atom stereocenters. The summed E-state index contributed by atoms with van der Waals surface area (Å²) in [6.07, 6.45) is 0. The fourth-order valence-electron chi connectivity index (χ4n) is 2.42. The maximum atomic E-state index is 9.56. The molecular formula is C14H21BrO2. The second-order valence-corrected chi connectivity index (χ2v) is 5.93. The van der Waals surface area contributed by atoms with Crippen LogP contribution in [0, 0.1) is 20.8 Å². The third-order valence-electron chi connectivity index (χ3n) is 3.46. The van der Waals surface area contributed by atoms with Crippen molar-refractivity contribution in [3.05, 3.63) is 26.7 Å². The molecule has 0 heterocycles. The van der Waals surface area contributed by atoms with Gasteiger partial charge in [-0.3, -0.25) is 0 Å². The van der Waals surface area contributed by atoms with E-state index in [1.165, 1.54) is 11.1 Å². The van der Waals surface area contributed by atoms with E-state index in [-0.39, 0.29) is 12.0 Å². The Hall–Kier alpha value is -0.540. The lowest BCUT2D eigenvalue weighted by atomic mass is 9.78. The summed E-state index contributed by atoms with van der Waals surface area (Å²) in [7, 11) is 1.68. The monoisotopic (exact) mass is 300 g/mol. The highest BCUT2D eigenvalue weighted by Crippen LogP contribution is 2.41. The Balaban J connectivity index is 3.65. The molecule has 0 aliphatic carbocycles. The summed E-state index contributed by atoms with van der Waals surface area (Å²) < 4.78 is 6.42. The van der Waals surface area contributed by atoms with Crippen molar-refractivity contribution in [1.29, 1.82) is 0 Å². The number of hydrogen-bond acceptors (Lipinski definition) is 2. The fourth-order valence-corrected chi connectivity index (χ4v) is 3.08. The van der Waals surface area contributed by atoms with Crippen LogP contribution in [0.5, 0.6) is 5.75 Å². The molecule has 1 aromatic carbocycles. The smallest absolute Gasteiger partial charge is 0.136 e. The van der Waals surface area contributed by atoms with Gasteiger partial charge in [0, 0.05) is 5.41 Å². The summed E-state index contributed by atoms with van der Waals surface area (Å²) in [5.41, 5.74) is 4.42. The van der Waals surface area contributed by atoms with Crippen LogP contribution in [-0.4, -0.2) is 18.8 Å². The van der Waals surface area contributed by atoms with E-state index in [1.807, 2.05) is 0 Å². The van der Waals surface area contributed by atoms with Crippen LogP contribution in [0.3, 0.4) is 0 Å². The van der Waals surface area contributed by atoms with Crippen molar-refractivity contribution < 1.29 is 9.84 Å². The third kappa shape index (κ3) is 2.36. The quantitative estimate of drug-likeness (QED) is 0.923. The largest absolute Gasteiger partial charge is 0.495 e. The van der Waals surface area contributed by atoms with Gasteiger partial charge in [0.05, 0.1) is 18.2 Å². The van der Waals surface area contributed by atoms with Gasteiger partial charge >= 0.3 is 0 Å². The van der Waals surface area contributed by atoms with Crippen LogP contribution in [0.15, 0.2) is 4.47 Å². The number of hydrogen-bond donors (Lipinski definition) is 1. The molecule has 0 radical (unpaired) electrons. The predicted molar refractivity (Wildman–Crippen MR) is 75.0 cm³/mol. The van der Waals surface area contributed by atoms with E-state index >= 15 is 0 Å². The van der Waals surface area contributed by atoms with Crippen molar-refractivity contribution in [2.45, 2.75) is 40.0 Å². The van der Waals surface area contributed by atoms with Crippen LogP contribution in [0.25, 0.3) is 0 Å². The summed E-state index contributed by atoms with van der Waals surface area (Å²) in [5.74, 6) is 0.887. The van der Waals surface area contributed by atoms with Gasteiger partial charge in [-0.25, -0.2) is 0 Å². The molecule has 17 heavy (non-hydrogen) atoms. The number of aliphatic hydroxyl groups is 1. The zero-order chi connectivity index (χ0) is 13.4. The molecule has 0 aliphatic rings. The molecule has 0 saturated heterocycles. The molecule has 2 nitrogen and oxygen atoms in total. The van der Waals surface area contributed by atoms with Crippen LogP contribution >= 0.6 is 15.9 Å². The number of rotatable bonds is 3. The van der Waals surface area contributed by atoms with Crippen molar-refractivity contribution in [2.24, 2.45) is 0 Å². The van der Waals surface area contributed by atoms with E-state index in [0.717, 1.165) is 21.3 Å². The minimum absolute atomic E-state index is 0.132. The van der Waals surface area contributed by atoms with Crippen LogP contribution in [-0.2, 0) is 5.41 Å². The predicted octanol–water partition coefficient (Wildman–Crippen LogP) is 3.65. The molecule has 0 spiro atoms. The number of ether oxygens (including phenoxy) is 1. The van der Waals surface area contributed by atoms with Gasteiger partial charge in [0.2, 0.25) is 0 Å². The van der Waals surface area contributed by atoms with Crippen LogP contribution in [0.1, 0.15) is 36.1 Å². The standard InChI is InChI=1S/C14H21BrO2/c1-8-9(2)13(17-6)12(15)10(3)11(8)14(4,5)7-16/h16H,7H2,1-6H3. The Kier molecular flexibility index (Phi) is 4.26. The molecular weight excluding hydrogens is 280 g/mol. The molecule has 0 amide bonds. The van der Waals surface area contributed by atoms with E-state index < -0.39 is 0 Å². The van der Waals surface area contributed by atoms with E-state index in [9.17, 15) is 5.11 Å². The van der Waals surface area contributed by atoms with Crippen LogP contribution in [0.2, 0.25) is 0 Å². The highest BCUT2D eigenvalue weighted by Gasteiger charge is 2.27. The highest BCUT2D eigenvalue weighted by atomic mass is 79.9. The van der Waals surface area contributed by atoms with Crippen LogP contribution in [0.4, 0.5) is 0 Å². The average Bonchev–Trinajstić information content (AvgIpc) is 2.27. The molecule has 3 heteroatoms. The topological polar surface area (TPSA) is 29.5 Å². The number of aliphatic hydroxyl groups excluding tert-OH is 1. The summed E-state index contributed by atoms with van der Waals surface area (Å²) in [6, 6.07) is 0. The van der Waals surface area contributed by atoms with Crippen molar-refractivity contribution in [3.63, 3.8) is 0 Å². The zero-order valence-corrected chi connectivity index (χ0v) is 13.0. The Labute approximate surface area is 112 Å². The van der Waals surface area contributed by atoms with Crippen molar-refractivity contribution in [1.82, 2.24) is 0 Å². The molecule has 0 aromatic heterocycles. The second-order valence-electron chi connectivity index (χ2n) is 5.14. The lowest BCUT2D eigenvalue weighted by Gasteiger charge is -2.29. The van der Waals surface area contributed by atoms with Gasteiger partial charge in [0.25, 0.3) is 0 Å². The van der Waals surface area contributed by atoms with Crippen molar-refractivity contribution in [2.75, 3.05) is 13.7 Å². The summed E-state index contributed by atoms with van der Waals surface area (Å²) >= 11 is 3.59. The van der Waals surface area contributed by atoms with Gasteiger partial charge in [-0.1, -0.05) is 13.8 Å². The number of benzene rings is 1. The first kappa shape index (κ1) is 14.5. The van der Waals surface area contributed by atoms with Crippen molar-refractivity contribution >= 4 is 15.9 Å². The fraction of sp³-hybridized carbons (Fsp3) is 0.571. The maximum Gasteiger partial charge on any atom is 0.136 e. The summed E-state index contributed by atoms with van der Waals surface area (Å²) in [4.78, 5) is 0. The Bertz CT molecular complexity index is 407. The van der Waals surface area contributed by atoms with E-state index in [2.05, 4.69) is 50.5 Å². The maximum absolute atomic E-state index is 9.56. The molecule has 0 saturated carbocycles. The molecule has 0 bridgehead atoms. The van der Waals surface area contributed by atoms with Gasteiger partial charge in [-0.2, -0.15) is 0 Å². The zero-order valence-electron chi connectivity index (χ0n) is 11.4. The Morgan fingerprint density at radius 3 is 2.06 bits per heavy atom. The lowest BCUT2D eigenvalue weighted by Crippen LogP contribution is -2.25. The third-order valence-corrected chi connectivity index (χ3v) is 4.41. The van der Waals surface area contributed by atoms with Crippen molar-refractivity contribution in [3.8, 4) is 5.75 Å². The highest BCUT2D eigenvalue weighted by molar-refractivity contribution is 9.10. The number of halogens is 1. The molecule has 96 valence electrons. The lowest BCUT2D eigenvalue weighted by molar-refractivity contribution is 0.217. The Morgan fingerprint density at radius 2 is 1.65 bits per heavy atom. The molecule has 0 aliphatic heterocycles. The van der Waals surface area contributed by atoms with E-state index in [0.29, 0.717) is 0 Å². The normalized spacial score (nSPS) is 11.8. The first-order valence-corrected chi connectivity index (χ1v) is 6.51.